The zero-order valence-electron chi connectivity index (χ0n) is 14.2. The molecule has 0 radical (unpaired) electrons. The van der Waals surface area contributed by atoms with Crippen molar-refractivity contribution in [2.45, 2.75) is 0 Å². The fourth-order valence-electron chi connectivity index (χ4n) is 2.76. The number of nitrogens with one attached hydrogen (secondary N) is 2. The van der Waals surface area contributed by atoms with E-state index in [1.165, 1.54) is 0 Å². The van der Waals surface area contributed by atoms with Crippen LogP contribution in [0.15, 0.2) is 53.1 Å². The predicted molar refractivity (Wildman–Crippen MR) is 103 cm³/mol. The van der Waals surface area contributed by atoms with Crippen molar-refractivity contribution >= 4 is 33.6 Å². The van der Waals surface area contributed by atoms with Gasteiger partial charge in [0.25, 0.3) is 11.8 Å². The largest absolute Gasteiger partial charge is 0.354 e. The summed E-state index contributed by atoms with van der Waals surface area (Å²) >= 11 is 3.32. The van der Waals surface area contributed by atoms with E-state index in [1.54, 1.807) is 24.4 Å². The zero-order valence-corrected chi connectivity index (χ0v) is 15.8. The van der Waals surface area contributed by atoms with Crippen molar-refractivity contribution in [2.75, 3.05) is 37.6 Å². The number of carbonyl (C=O) groups is 2. The minimum absolute atomic E-state index is 0.239. The van der Waals surface area contributed by atoms with Crippen LogP contribution in [0, 0.1) is 0 Å². The Morgan fingerprint density at radius 2 is 1.73 bits per heavy atom. The molecule has 0 atom stereocenters. The molecule has 7 nitrogen and oxygen atoms in total. The van der Waals surface area contributed by atoms with E-state index in [0.717, 1.165) is 32.0 Å². The van der Waals surface area contributed by atoms with Gasteiger partial charge in [-0.05, 0) is 40.2 Å². The van der Waals surface area contributed by atoms with E-state index in [-0.39, 0.29) is 18.4 Å². The van der Waals surface area contributed by atoms with E-state index in [0.29, 0.717) is 10.0 Å². The molecular formula is C18H20BrN5O2. The first kappa shape index (κ1) is 18.3. The van der Waals surface area contributed by atoms with Crippen molar-refractivity contribution in [1.29, 1.82) is 0 Å². The van der Waals surface area contributed by atoms with Gasteiger partial charge >= 0.3 is 0 Å². The van der Waals surface area contributed by atoms with Gasteiger partial charge in [0.05, 0.1) is 12.1 Å². The van der Waals surface area contributed by atoms with E-state index in [9.17, 15) is 9.59 Å². The molecule has 2 amide bonds. The van der Waals surface area contributed by atoms with E-state index < -0.39 is 0 Å². The summed E-state index contributed by atoms with van der Waals surface area (Å²) in [5, 5.41) is 0. The highest BCUT2D eigenvalue weighted by Crippen LogP contribution is 2.15. The third-order valence-electron chi connectivity index (χ3n) is 4.15. The van der Waals surface area contributed by atoms with Crippen LogP contribution in [0.1, 0.15) is 10.4 Å². The summed E-state index contributed by atoms with van der Waals surface area (Å²) in [6.07, 6.45) is 1.78. The van der Waals surface area contributed by atoms with Crippen molar-refractivity contribution in [3.05, 3.63) is 58.7 Å². The fourth-order valence-corrected chi connectivity index (χ4v) is 3.22. The topological polar surface area (TPSA) is 77.6 Å². The molecule has 136 valence electrons. The average molecular weight is 418 g/mol. The van der Waals surface area contributed by atoms with Crippen LogP contribution in [0.25, 0.3) is 0 Å². The van der Waals surface area contributed by atoms with E-state index >= 15 is 0 Å². The minimum atomic E-state index is -0.356. The van der Waals surface area contributed by atoms with Crippen molar-refractivity contribution in [3.63, 3.8) is 0 Å². The number of amides is 2. The molecule has 1 aliphatic rings. The molecule has 1 aliphatic heterocycles. The number of hydrogen-bond donors (Lipinski definition) is 2. The fraction of sp³-hybridized carbons (Fsp3) is 0.278. The number of carbonyl (C=O) groups excluding carboxylic acids is 2. The van der Waals surface area contributed by atoms with Gasteiger partial charge in [0.15, 0.2) is 0 Å². The van der Waals surface area contributed by atoms with Gasteiger partial charge < -0.3 is 4.90 Å². The molecule has 0 bridgehead atoms. The molecule has 0 saturated carbocycles. The second kappa shape index (κ2) is 8.77. The first-order valence-electron chi connectivity index (χ1n) is 8.35. The summed E-state index contributed by atoms with van der Waals surface area (Å²) in [5.74, 6) is 0.361. The maximum absolute atomic E-state index is 12.1. The highest BCUT2D eigenvalue weighted by molar-refractivity contribution is 9.10. The van der Waals surface area contributed by atoms with Crippen LogP contribution in [0.5, 0.6) is 0 Å². The molecule has 0 aliphatic carbocycles. The lowest BCUT2D eigenvalue weighted by Gasteiger charge is -2.34. The monoisotopic (exact) mass is 417 g/mol. The summed E-state index contributed by atoms with van der Waals surface area (Å²) < 4.78 is 0.678. The lowest BCUT2D eigenvalue weighted by molar-refractivity contribution is -0.123. The zero-order chi connectivity index (χ0) is 18.4. The number of piperazine rings is 1. The number of benzene rings is 1. The average Bonchev–Trinajstić information content (AvgIpc) is 2.68. The first-order valence-corrected chi connectivity index (χ1v) is 9.15. The third kappa shape index (κ3) is 4.80. The third-order valence-corrected chi connectivity index (χ3v) is 4.84. The Kier molecular flexibility index (Phi) is 6.19. The Bertz CT molecular complexity index is 763. The van der Waals surface area contributed by atoms with Crippen LogP contribution in [-0.2, 0) is 4.79 Å². The molecule has 1 saturated heterocycles. The van der Waals surface area contributed by atoms with Crippen LogP contribution in [-0.4, -0.2) is 54.4 Å². The van der Waals surface area contributed by atoms with Gasteiger partial charge in [0.2, 0.25) is 0 Å². The number of anilines is 1. The maximum Gasteiger partial charge on any atom is 0.270 e. The summed E-state index contributed by atoms with van der Waals surface area (Å²) in [6.45, 7) is 3.40. The Morgan fingerprint density at radius 1 is 1.00 bits per heavy atom. The van der Waals surface area contributed by atoms with Crippen molar-refractivity contribution in [3.8, 4) is 0 Å². The van der Waals surface area contributed by atoms with E-state index in [1.807, 2.05) is 24.3 Å². The second-order valence-corrected chi connectivity index (χ2v) is 6.79. The molecule has 1 fully saturated rings. The van der Waals surface area contributed by atoms with Crippen LogP contribution in [0.4, 0.5) is 5.82 Å². The number of halogens is 1. The Hall–Kier alpha value is -2.45. The molecule has 2 N–H and O–H groups in total. The maximum atomic E-state index is 12.1. The Balaban J connectivity index is 1.42. The first-order chi connectivity index (χ1) is 12.6. The normalized spacial score (nSPS) is 14.7. The molecule has 8 heteroatoms. The quantitative estimate of drug-likeness (QED) is 0.735. The lowest BCUT2D eigenvalue weighted by atomic mass is 10.2. The van der Waals surface area contributed by atoms with Gasteiger partial charge in [-0.1, -0.05) is 18.2 Å². The van der Waals surface area contributed by atoms with E-state index in [4.69, 9.17) is 0 Å². The van der Waals surface area contributed by atoms with Crippen molar-refractivity contribution < 1.29 is 9.59 Å². The van der Waals surface area contributed by atoms with Crippen molar-refractivity contribution in [2.24, 2.45) is 0 Å². The molecule has 2 aromatic rings. The van der Waals surface area contributed by atoms with Crippen LogP contribution < -0.4 is 15.8 Å². The number of nitrogens with zero attached hydrogens (tertiary/aromatic N) is 3. The van der Waals surface area contributed by atoms with Gasteiger partial charge in [-0.3, -0.25) is 25.3 Å². The number of rotatable bonds is 4. The van der Waals surface area contributed by atoms with Crippen molar-refractivity contribution in [1.82, 2.24) is 20.7 Å². The number of hydrogen-bond acceptors (Lipinski definition) is 5. The van der Waals surface area contributed by atoms with Gasteiger partial charge in [0, 0.05) is 36.8 Å². The molecule has 1 aromatic carbocycles. The number of hydrazine groups is 1. The molecule has 1 aromatic heterocycles. The van der Waals surface area contributed by atoms with Crippen LogP contribution in [0.3, 0.4) is 0 Å². The Labute approximate surface area is 160 Å². The predicted octanol–water partition coefficient (Wildman–Crippen LogP) is 1.43. The Morgan fingerprint density at radius 3 is 2.42 bits per heavy atom. The minimum Gasteiger partial charge on any atom is -0.354 e. The lowest BCUT2D eigenvalue weighted by Crippen LogP contribution is -2.52. The summed E-state index contributed by atoms with van der Waals surface area (Å²) in [6, 6.07) is 12.9. The van der Waals surface area contributed by atoms with Gasteiger partial charge in [-0.2, -0.15) is 0 Å². The molecular weight excluding hydrogens is 398 g/mol. The summed E-state index contributed by atoms with van der Waals surface area (Å²) in [5.41, 5.74) is 5.39. The number of aromatic nitrogens is 1. The molecule has 3 rings (SSSR count). The van der Waals surface area contributed by atoms with Crippen LogP contribution in [0.2, 0.25) is 0 Å². The molecule has 2 heterocycles. The smallest absolute Gasteiger partial charge is 0.270 e. The molecule has 0 unspecified atom stereocenters. The van der Waals surface area contributed by atoms with Gasteiger partial charge in [0.1, 0.15) is 5.82 Å². The summed E-state index contributed by atoms with van der Waals surface area (Å²) in [7, 11) is 0. The standard InChI is InChI=1S/C18H20BrN5O2/c19-15-6-2-1-5-14(15)18(26)22-21-17(25)13-23-9-11-24(12-10-23)16-7-3-4-8-20-16/h1-8H,9-13H2,(H,21,25)(H,22,26). The number of pyridine rings is 1. The second-order valence-electron chi connectivity index (χ2n) is 5.93. The SMILES string of the molecule is O=C(CN1CCN(c2ccccn2)CC1)NNC(=O)c1ccccc1Br. The van der Waals surface area contributed by atoms with Gasteiger partial charge in [-0.25, -0.2) is 4.98 Å². The van der Waals surface area contributed by atoms with E-state index in [2.05, 4.69) is 41.6 Å². The molecule has 26 heavy (non-hydrogen) atoms. The highest BCUT2D eigenvalue weighted by atomic mass is 79.9. The highest BCUT2D eigenvalue weighted by Gasteiger charge is 2.20. The summed E-state index contributed by atoms with van der Waals surface area (Å²) in [4.78, 5) is 32.8. The van der Waals surface area contributed by atoms with Gasteiger partial charge in [-0.15, -0.1) is 0 Å². The molecule has 0 spiro atoms. The van der Waals surface area contributed by atoms with Crippen LogP contribution >= 0.6 is 15.9 Å².